The molecule has 2 aliphatic rings. The average molecular weight is 255 g/mol. The Hall–Kier alpha value is -0.720. The maximum Gasteiger partial charge on any atom is 0.205 e. The van der Waals surface area contributed by atoms with E-state index in [1.807, 2.05) is 0 Å². The molecular weight excluding hydrogens is 238 g/mol. The van der Waals surface area contributed by atoms with E-state index in [2.05, 4.69) is 21.2 Å². The maximum atomic E-state index is 9.16. The normalized spacial score (nSPS) is 29.6. The lowest BCUT2D eigenvalue weighted by molar-refractivity contribution is -0.0103. The highest BCUT2D eigenvalue weighted by Gasteiger charge is 2.31. The second-order valence-corrected chi connectivity index (χ2v) is 5.58. The molecule has 94 valence electrons. The molecule has 5 nitrogen and oxygen atoms in total. The first kappa shape index (κ1) is 11.4. The van der Waals surface area contributed by atoms with Gasteiger partial charge in [-0.15, -0.1) is 0 Å². The first-order valence-corrected chi connectivity index (χ1v) is 6.88. The summed E-state index contributed by atoms with van der Waals surface area (Å²) in [6.45, 7) is 3.53. The third-order valence-corrected chi connectivity index (χ3v) is 4.10. The van der Waals surface area contributed by atoms with Gasteiger partial charge in [-0.1, -0.05) is 0 Å². The summed E-state index contributed by atoms with van der Waals surface area (Å²) in [5, 5.41) is 10.1. The average Bonchev–Trinajstić information content (AvgIpc) is 3.09. The Morgan fingerprint density at radius 1 is 1.53 bits per heavy atom. The molecular formula is C11H17N3O2S. The van der Waals surface area contributed by atoms with Gasteiger partial charge >= 0.3 is 0 Å². The van der Waals surface area contributed by atoms with Crippen molar-refractivity contribution in [3.05, 3.63) is 5.82 Å². The molecule has 1 aliphatic carbocycles. The van der Waals surface area contributed by atoms with Crippen molar-refractivity contribution in [2.75, 3.05) is 24.7 Å². The highest BCUT2D eigenvalue weighted by Crippen LogP contribution is 2.40. The van der Waals surface area contributed by atoms with Crippen molar-refractivity contribution < 1.29 is 9.84 Å². The second kappa shape index (κ2) is 4.51. The van der Waals surface area contributed by atoms with Crippen molar-refractivity contribution in [1.29, 1.82) is 0 Å². The monoisotopic (exact) mass is 255 g/mol. The van der Waals surface area contributed by atoms with Gasteiger partial charge in [-0.25, -0.2) is 4.98 Å². The number of hydrogen-bond donors (Lipinski definition) is 1. The Balaban J connectivity index is 1.75. The number of anilines is 1. The maximum absolute atomic E-state index is 9.16. The van der Waals surface area contributed by atoms with Gasteiger partial charge in [-0.2, -0.15) is 4.37 Å². The minimum absolute atomic E-state index is 0.0670. The van der Waals surface area contributed by atoms with Crippen molar-refractivity contribution >= 4 is 16.7 Å². The van der Waals surface area contributed by atoms with Crippen LogP contribution in [-0.4, -0.2) is 46.4 Å². The third-order valence-electron chi connectivity index (χ3n) is 3.33. The van der Waals surface area contributed by atoms with E-state index in [-0.39, 0.29) is 12.7 Å². The topological polar surface area (TPSA) is 58.5 Å². The molecule has 0 amide bonds. The molecule has 1 aliphatic heterocycles. The van der Waals surface area contributed by atoms with Crippen LogP contribution in [0.4, 0.5) is 5.13 Å². The summed E-state index contributed by atoms with van der Waals surface area (Å²) in [6.07, 6.45) is 2.36. The molecule has 0 aromatic carbocycles. The number of aromatic nitrogens is 2. The number of rotatable bonds is 3. The Morgan fingerprint density at radius 2 is 2.35 bits per heavy atom. The number of nitrogens with zero attached hydrogens (tertiary/aromatic N) is 3. The SMILES string of the molecule is CC1COC(CO)CN1c1nc(C2CC2)ns1. The predicted molar refractivity (Wildman–Crippen MR) is 65.5 cm³/mol. The highest BCUT2D eigenvalue weighted by molar-refractivity contribution is 7.09. The zero-order chi connectivity index (χ0) is 11.8. The smallest absolute Gasteiger partial charge is 0.205 e. The Morgan fingerprint density at radius 3 is 3.06 bits per heavy atom. The third kappa shape index (κ3) is 2.29. The molecule has 0 bridgehead atoms. The second-order valence-electron chi connectivity index (χ2n) is 4.85. The van der Waals surface area contributed by atoms with Gasteiger partial charge in [0, 0.05) is 24.0 Å². The summed E-state index contributed by atoms with van der Waals surface area (Å²) in [7, 11) is 0. The first-order chi connectivity index (χ1) is 8.28. The summed E-state index contributed by atoms with van der Waals surface area (Å²) in [4.78, 5) is 6.81. The van der Waals surface area contributed by atoms with Gasteiger partial charge in [-0.05, 0) is 19.8 Å². The molecule has 2 fully saturated rings. The van der Waals surface area contributed by atoms with Crippen LogP contribution in [0.1, 0.15) is 31.5 Å². The number of ether oxygens (including phenoxy) is 1. The van der Waals surface area contributed by atoms with Crippen molar-refractivity contribution in [1.82, 2.24) is 9.36 Å². The number of aliphatic hydroxyl groups is 1. The number of morpholine rings is 1. The van der Waals surface area contributed by atoms with E-state index < -0.39 is 0 Å². The zero-order valence-electron chi connectivity index (χ0n) is 9.87. The van der Waals surface area contributed by atoms with Gasteiger partial charge in [0.25, 0.3) is 0 Å². The van der Waals surface area contributed by atoms with Gasteiger partial charge in [0.15, 0.2) is 0 Å². The molecule has 17 heavy (non-hydrogen) atoms. The van der Waals surface area contributed by atoms with Crippen LogP contribution in [0.5, 0.6) is 0 Å². The highest BCUT2D eigenvalue weighted by atomic mass is 32.1. The quantitative estimate of drug-likeness (QED) is 0.873. The lowest BCUT2D eigenvalue weighted by atomic mass is 10.2. The number of hydrogen-bond acceptors (Lipinski definition) is 6. The summed E-state index contributed by atoms with van der Waals surface area (Å²) in [6, 6.07) is 0.304. The van der Waals surface area contributed by atoms with E-state index in [1.165, 1.54) is 24.4 Å². The van der Waals surface area contributed by atoms with Crippen molar-refractivity contribution in [2.45, 2.75) is 37.8 Å². The van der Waals surface area contributed by atoms with Crippen molar-refractivity contribution in [3.63, 3.8) is 0 Å². The van der Waals surface area contributed by atoms with E-state index >= 15 is 0 Å². The number of aliphatic hydroxyl groups excluding tert-OH is 1. The lowest BCUT2D eigenvalue weighted by Crippen LogP contribution is -2.49. The van der Waals surface area contributed by atoms with Crippen LogP contribution in [0.15, 0.2) is 0 Å². The molecule has 1 saturated heterocycles. The fourth-order valence-electron chi connectivity index (χ4n) is 2.04. The minimum Gasteiger partial charge on any atom is -0.394 e. The van der Waals surface area contributed by atoms with Crippen LogP contribution in [0.25, 0.3) is 0 Å². The fraction of sp³-hybridized carbons (Fsp3) is 0.818. The van der Waals surface area contributed by atoms with Crippen LogP contribution >= 0.6 is 11.5 Å². The first-order valence-electron chi connectivity index (χ1n) is 6.10. The van der Waals surface area contributed by atoms with Gasteiger partial charge in [0.1, 0.15) is 5.82 Å². The summed E-state index contributed by atoms with van der Waals surface area (Å²) in [5.41, 5.74) is 0. The van der Waals surface area contributed by atoms with Gasteiger partial charge in [-0.3, -0.25) is 0 Å². The van der Waals surface area contributed by atoms with Gasteiger partial charge in [0.05, 0.1) is 25.4 Å². The van der Waals surface area contributed by atoms with Crippen LogP contribution < -0.4 is 4.90 Å². The summed E-state index contributed by atoms with van der Waals surface area (Å²) in [5.74, 6) is 1.61. The van der Waals surface area contributed by atoms with E-state index in [1.54, 1.807) is 0 Å². The van der Waals surface area contributed by atoms with Crippen LogP contribution in [0, 0.1) is 0 Å². The Labute approximate surface area is 105 Å². The standard InChI is InChI=1S/C11H17N3O2S/c1-7-6-16-9(5-15)4-14(7)11-12-10(13-17-11)8-2-3-8/h7-9,15H,2-6H2,1H3. The lowest BCUT2D eigenvalue weighted by Gasteiger charge is -2.36. The fourth-order valence-corrected chi connectivity index (χ4v) is 2.90. The zero-order valence-corrected chi connectivity index (χ0v) is 10.7. The van der Waals surface area contributed by atoms with Crippen molar-refractivity contribution in [3.8, 4) is 0 Å². The Kier molecular flexibility index (Phi) is 3.02. The molecule has 0 radical (unpaired) electrons. The molecule has 1 aromatic rings. The van der Waals surface area contributed by atoms with E-state index in [0.29, 0.717) is 25.1 Å². The molecule has 2 atom stereocenters. The summed E-state index contributed by atoms with van der Waals surface area (Å²) < 4.78 is 9.95. The van der Waals surface area contributed by atoms with Crippen molar-refractivity contribution in [2.24, 2.45) is 0 Å². The van der Waals surface area contributed by atoms with Gasteiger partial charge < -0.3 is 14.7 Å². The minimum atomic E-state index is -0.0977. The molecule has 6 heteroatoms. The van der Waals surface area contributed by atoms with Crippen LogP contribution in [-0.2, 0) is 4.74 Å². The molecule has 1 N–H and O–H groups in total. The molecule has 2 unspecified atom stereocenters. The molecule has 2 heterocycles. The predicted octanol–water partition coefficient (Wildman–Crippen LogP) is 1.00. The van der Waals surface area contributed by atoms with Crippen LogP contribution in [0.3, 0.4) is 0 Å². The van der Waals surface area contributed by atoms with Crippen LogP contribution in [0.2, 0.25) is 0 Å². The van der Waals surface area contributed by atoms with E-state index in [4.69, 9.17) is 9.84 Å². The van der Waals surface area contributed by atoms with E-state index in [9.17, 15) is 0 Å². The summed E-state index contributed by atoms with van der Waals surface area (Å²) >= 11 is 1.47. The molecule has 1 aromatic heterocycles. The van der Waals surface area contributed by atoms with E-state index in [0.717, 1.165) is 11.0 Å². The van der Waals surface area contributed by atoms with Gasteiger partial charge in [0.2, 0.25) is 5.13 Å². The largest absolute Gasteiger partial charge is 0.394 e. The molecule has 0 spiro atoms. The molecule has 1 saturated carbocycles. The Bertz CT molecular complexity index is 394. The molecule has 3 rings (SSSR count).